The lowest BCUT2D eigenvalue weighted by atomic mass is 9.73. The first-order chi connectivity index (χ1) is 6.27. The Kier molecular flexibility index (Phi) is 2.61. The smallest absolute Gasteiger partial charge is 0.0476 e. The minimum absolute atomic E-state index is 0.325. The van der Waals surface area contributed by atoms with Gasteiger partial charge in [-0.1, -0.05) is 6.42 Å². The first-order valence-corrected chi connectivity index (χ1v) is 5.63. The zero-order chi connectivity index (χ0) is 9.31. The van der Waals surface area contributed by atoms with Crippen molar-refractivity contribution in [3.8, 4) is 0 Å². The van der Waals surface area contributed by atoms with Crippen molar-refractivity contribution in [3.63, 3.8) is 0 Å². The van der Waals surface area contributed by atoms with Gasteiger partial charge in [-0.2, -0.15) is 0 Å². The van der Waals surface area contributed by atoms with Gasteiger partial charge in [-0.05, 0) is 45.7 Å². The molecule has 2 nitrogen and oxygen atoms in total. The summed E-state index contributed by atoms with van der Waals surface area (Å²) in [6, 6.07) is 0. The molecule has 0 spiro atoms. The van der Waals surface area contributed by atoms with Crippen LogP contribution in [0.25, 0.3) is 0 Å². The molecule has 0 aliphatic carbocycles. The van der Waals surface area contributed by atoms with E-state index in [0.717, 1.165) is 0 Å². The first-order valence-electron chi connectivity index (χ1n) is 5.63. The average Bonchev–Trinajstić information content (AvgIpc) is 2.16. The van der Waals surface area contributed by atoms with Crippen molar-refractivity contribution in [1.82, 2.24) is 4.90 Å². The number of hydrogen-bond acceptors (Lipinski definition) is 2. The van der Waals surface area contributed by atoms with E-state index >= 15 is 0 Å². The molecule has 2 heteroatoms. The van der Waals surface area contributed by atoms with Crippen LogP contribution in [0.5, 0.6) is 0 Å². The summed E-state index contributed by atoms with van der Waals surface area (Å²) in [6.45, 7) is 5.25. The van der Waals surface area contributed by atoms with Gasteiger partial charge >= 0.3 is 0 Å². The number of hydrogen-bond donors (Lipinski definition) is 1. The normalized spacial score (nSPS) is 41.5. The lowest BCUT2D eigenvalue weighted by Crippen LogP contribution is -2.58. The Hall–Kier alpha value is -0.0800. The zero-order valence-electron chi connectivity index (χ0n) is 8.63. The lowest BCUT2D eigenvalue weighted by molar-refractivity contribution is -0.0416. The van der Waals surface area contributed by atoms with Gasteiger partial charge < -0.3 is 5.11 Å². The molecule has 0 amide bonds. The minimum atomic E-state index is 0.325. The Bertz CT molecular complexity index is 172. The molecule has 0 unspecified atom stereocenters. The van der Waals surface area contributed by atoms with Crippen molar-refractivity contribution in [2.24, 2.45) is 5.92 Å². The number of nitrogens with zero attached hydrogens (tertiary/aromatic N) is 1. The third-order valence-electron chi connectivity index (χ3n) is 4.16. The summed E-state index contributed by atoms with van der Waals surface area (Å²) in [6.07, 6.45) is 6.50. The summed E-state index contributed by atoms with van der Waals surface area (Å²) in [7, 11) is 0. The van der Waals surface area contributed by atoms with Crippen LogP contribution in [0, 0.1) is 5.92 Å². The molecule has 2 rings (SSSR count). The van der Waals surface area contributed by atoms with Crippen LogP contribution in [0.3, 0.4) is 0 Å². The third kappa shape index (κ3) is 1.50. The van der Waals surface area contributed by atoms with Crippen LogP contribution in [0.4, 0.5) is 0 Å². The summed E-state index contributed by atoms with van der Waals surface area (Å²) in [4.78, 5) is 2.61. The highest BCUT2D eigenvalue weighted by Crippen LogP contribution is 2.39. The van der Waals surface area contributed by atoms with E-state index < -0.39 is 0 Å². The Morgan fingerprint density at radius 3 is 2.85 bits per heavy atom. The molecule has 0 bridgehead atoms. The van der Waals surface area contributed by atoms with Gasteiger partial charge in [0.25, 0.3) is 0 Å². The molecule has 0 aromatic carbocycles. The molecular weight excluding hydrogens is 162 g/mol. The SMILES string of the molecule is C[C@@]12CCCCN1CCC[C@@H]2CO. The number of fused-ring (bicyclic) bond motifs is 1. The van der Waals surface area contributed by atoms with E-state index in [1.54, 1.807) is 0 Å². The van der Waals surface area contributed by atoms with Gasteiger partial charge in [0, 0.05) is 18.1 Å². The Balaban J connectivity index is 2.14. The van der Waals surface area contributed by atoms with Crippen LogP contribution in [0.1, 0.15) is 39.0 Å². The van der Waals surface area contributed by atoms with Gasteiger partial charge in [-0.15, -0.1) is 0 Å². The van der Waals surface area contributed by atoms with Crippen LogP contribution >= 0.6 is 0 Å². The lowest BCUT2D eigenvalue weighted by Gasteiger charge is -2.52. The molecule has 76 valence electrons. The molecule has 2 atom stereocenters. The zero-order valence-corrected chi connectivity index (χ0v) is 8.63. The van der Waals surface area contributed by atoms with Gasteiger partial charge in [-0.25, -0.2) is 0 Å². The summed E-state index contributed by atoms with van der Waals surface area (Å²) >= 11 is 0. The van der Waals surface area contributed by atoms with Crippen molar-refractivity contribution in [2.75, 3.05) is 19.7 Å². The number of piperidine rings is 2. The summed E-state index contributed by atoms with van der Waals surface area (Å²) in [5, 5.41) is 9.37. The van der Waals surface area contributed by atoms with Crippen LogP contribution in [0.15, 0.2) is 0 Å². The highest BCUT2D eigenvalue weighted by molar-refractivity contribution is 4.97. The number of aliphatic hydroxyl groups excluding tert-OH is 1. The van der Waals surface area contributed by atoms with E-state index in [2.05, 4.69) is 11.8 Å². The second kappa shape index (κ2) is 3.58. The molecule has 2 saturated heterocycles. The van der Waals surface area contributed by atoms with Crippen molar-refractivity contribution >= 4 is 0 Å². The van der Waals surface area contributed by atoms with Crippen LogP contribution in [-0.4, -0.2) is 35.2 Å². The number of rotatable bonds is 1. The maximum atomic E-state index is 9.37. The largest absolute Gasteiger partial charge is 0.396 e. The second-order valence-corrected chi connectivity index (χ2v) is 4.82. The van der Waals surface area contributed by atoms with E-state index in [1.807, 2.05) is 0 Å². The minimum Gasteiger partial charge on any atom is -0.396 e. The van der Waals surface area contributed by atoms with Crippen molar-refractivity contribution in [1.29, 1.82) is 0 Å². The van der Waals surface area contributed by atoms with Crippen LogP contribution in [0.2, 0.25) is 0 Å². The molecule has 2 fully saturated rings. The third-order valence-corrected chi connectivity index (χ3v) is 4.16. The van der Waals surface area contributed by atoms with Gasteiger partial charge in [0.15, 0.2) is 0 Å². The van der Waals surface area contributed by atoms with Crippen LogP contribution < -0.4 is 0 Å². The molecule has 2 aliphatic rings. The molecule has 2 heterocycles. The van der Waals surface area contributed by atoms with Gasteiger partial charge in [0.05, 0.1) is 0 Å². The molecule has 1 N–H and O–H groups in total. The fourth-order valence-electron chi connectivity index (χ4n) is 3.16. The highest BCUT2D eigenvalue weighted by Gasteiger charge is 2.42. The second-order valence-electron chi connectivity index (χ2n) is 4.82. The summed E-state index contributed by atoms with van der Waals surface area (Å²) in [5.41, 5.74) is 0.325. The molecule has 0 saturated carbocycles. The monoisotopic (exact) mass is 183 g/mol. The van der Waals surface area contributed by atoms with Crippen molar-refractivity contribution < 1.29 is 5.11 Å². The first kappa shape index (κ1) is 9.47. The van der Waals surface area contributed by atoms with E-state index in [1.165, 1.54) is 45.2 Å². The van der Waals surface area contributed by atoms with Gasteiger partial charge in [0.2, 0.25) is 0 Å². The van der Waals surface area contributed by atoms with Crippen molar-refractivity contribution in [2.45, 2.75) is 44.6 Å². The topological polar surface area (TPSA) is 23.5 Å². The van der Waals surface area contributed by atoms with E-state index in [0.29, 0.717) is 18.1 Å². The fraction of sp³-hybridized carbons (Fsp3) is 1.00. The van der Waals surface area contributed by atoms with Crippen molar-refractivity contribution in [3.05, 3.63) is 0 Å². The van der Waals surface area contributed by atoms with Gasteiger partial charge in [0.1, 0.15) is 0 Å². The summed E-state index contributed by atoms with van der Waals surface area (Å²) in [5.74, 6) is 0.529. The molecule has 0 radical (unpaired) electrons. The highest BCUT2D eigenvalue weighted by atomic mass is 16.3. The molecule has 2 aliphatic heterocycles. The molecule has 13 heavy (non-hydrogen) atoms. The van der Waals surface area contributed by atoms with E-state index in [4.69, 9.17) is 0 Å². The summed E-state index contributed by atoms with van der Waals surface area (Å²) < 4.78 is 0. The predicted molar refractivity (Wildman–Crippen MR) is 53.6 cm³/mol. The maximum absolute atomic E-state index is 9.37. The molecule has 0 aromatic rings. The molecular formula is C11H21NO. The predicted octanol–water partition coefficient (Wildman–Crippen LogP) is 1.63. The quantitative estimate of drug-likeness (QED) is 0.668. The Labute approximate surface area is 80.9 Å². The molecule has 0 aromatic heterocycles. The van der Waals surface area contributed by atoms with E-state index in [-0.39, 0.29) is 0 Å². The average molecular weight is 183 g/mol. The Morgan fingerprint density at radius 1 is 1.31 bits per heavy atom. The number of aliphatic hydroxyl groups is 1. The van der Waals surface area contributed by atoms with Gasteiger partial charge in [-0.3, -0.25) is 4.90 Å². The van der Waals surface area contributed by atoms with E-state index in [9.17, 15) is 5.11 Å². The van der Waals surface area contributed by atoms with Crippen LogP contribution in [-0.2, 0) is 0 Å². The fourth-order valence-corrected chi connectivity index (χ4v) is 3.16. The standard InChI is InChI=1S/C11H21NO/c1-11-6-2-3-7-12(11)8-4-5-10(11)9-13/h10,13H,2-9H2,1H3/t10-,11+/m1/s1. The maximum Gasteiger partial charge on any atom is 0.0476 e. The Morgan fingerprint density at radius 2 is 2.08 bits per heavy atom.